The number of aromatic amines is 1. The number of rotatable bonds is 7. The molecule has 4 aromatic carbocycles. The molecule has 1 atom stereocenters. The van der Waals surface area contributed by atoms with E-state index >= 15 is 0 Å². The molecule has 0 radical (unpaired) electrons. The van der Waals surface area contributed by atoms with Crippen molar-refractivity contribution in [2.24, 2.45) is 0 Å². The molecule has 2 heterocycles. The largest absolute Gasteiger partial charge is 0.331 e. The van der Waals surface area contributed by atoms with Crippen LogP contribution in [0.2, 0.25) is 0 Å². The number of imidazole rings is 1. The average Bonchev–Trinajstić information content (AvgIpc) is 3.39. The molecule has 1 aromatic heterocycles. The minimum absolute atomic E-state index is 0.0819. The first-order valence-corrected chi connectivity index (χ1v) is 14.0. The predicted octanol–water partition coefficient (Wildman–Crippen LogP) is 4.74. The lowest BCUT2D eigenvalue weighted by Crippen LogP contribution is -2.54. The first-order valence-electron chi connectivity index (χ1n) is 14.0. The summed E-state index contributed by atoms with van der Waals surface area (Å²) in [5.74, 6) is -0.535. The highest BCUT2D eigenvalue weighted by Crippen LogP contribution is 2.30. The fraction of sp³-hybridized carbons (Fsp3) is 0.147. The maximum Gasteiger partial charge on any atom is 0.331 e. The van der Waals surface area contributed by atoms with Gasteiger partial charge in [-0.2, -0.15) is 0 Å². The number of carbonyl (C=O) groups excluding carboxylic acids is 2. The van der Waals surface area contributed by atoms with Crippen LogP contribution in [0.25, 0.3) is 16.9 Å². The van der Waals surface area contributed by atoms with E-state index in [2.05, 4.69) is 27.8 Å². The first-order chi connectivity index (χ1) is 20.6. The second-order valence-corrected chi connectivity index (χ2v) is 10.2. The van der Waals surface area contributed by atoms with E-state index in [9.17, 15) is 14.4 Å². The van der Waals surface area contributed by atoms with E-state index in [1.165, 1.54) is 4.57 Å². The van der Waals surface area contributed by atoms with Gasteiger partial charge < -0.3 is 20.5 Å². The number of hydrogen-bond acceptors (Lipinski definition) is 4. The molecule has 2 amide bonds. The molecule has 3 N–H and O–H groups in total. The van der Waals surface area contributed by atoms with Crippen LogP contribution in [-0.4, -0.2) is 51.9 Å². The van der Waals surface area contributed by atoms with Crippen LogP contribution in [0.4, 0.5) is 5.69 Å². The number of carbonyl (C=O) groups is 2. The highest BCUT2D eigenvalue weighted by Gasteiger charge is 2.32. The molecule has 0 unspecified atom stereocenters. The Morgan fingerprint density at radius 2 is 1.45 bits per heavy atom. The molecule has 0 saturated carbocycles. The quantitative estimate of drug-likeness (QED) is 0.269. The summed E-state index contributed by atoms with van der Waals surface area (Å²) in [6.07, 6.45) is 0.694. The number of anilines is 1. The Hall–Kier alpha value is -5.21. The van der Waals surface area contributed by atoms with Gasteiger partial charge >= 0.3 is 5.69 Å². The van der Waals surface area contributed by atoms with E-state index in [0.717, 1.165) is 5.56 Å². The van der Waals surface area contributed by atoms with Crippen molar-refractivity contribution in [3.05, 3.63) is 143 Å². The Bertz CT molecular complexity index is 1750. The monoisotopic (exact) mass is 557 g/mol. The summed E-state index contributed by atoms with van der Waals surface area (Å²) < 4.78 is 1.48. The fourth-order valence-corrected chi connectivity index (χ4v) is 5.49. The molecule has 1 aliphatic rings. The molecular weight excluding hydrogens is 526 g/mol. The van der Waals surface area contributed by atoms with Crippen LogP contribution in [-0.2, 0) is 6.42 Å². The molecule has 42 heavy (non-hydrogen) atoms. The van der Waals surface area contributed by atoms with Gasteiger partial charge in [0.05, 0.1) is 17.1 Å². The third-order valence-electron chi connectivity index (χ3n) is 7.51. The second-order valence-electron chi connectivity index (χ2n) is 10.2. The number of nitrogens with one attached hydrogen (secondary N) is 3. The minimum atomic E-state index is -0.464. The van der Waals surface area contributed by atoms with Gasteiger partial charge in [-0.25, -0.2) is 4.79 Å². The zero-order chi connectivity index (χ0) is 28.9. The molecule has 8 nitrogen and oxygen atoms in total. The molecular formula is C34H31N5O3. The van der Waals surface area contributed by atoms with Gasteiger partial charge in [-0.15, -0.1) is 0 Å². The van der Waals surface area contributed by atoms with Crippen LogP contribution in [0.3, 0.4) is 0 Å². The molecule has 1 saturated heterocycles. The zero-order valence-corrected chi connectivity index (χ0v) is 23.0. The highest BCUT2D eigenvalue weighted by molar-refractivity contribution is 6.05. The Morgan fingerprint density at radius 3 is 2.19 bits per heavy atom. The van der Waals surface area contributed by atoms with E-state index < -0.39 is 5.69 Å². The average molecular weight is 558 g/mol. The number of piperazine rings is 1. The molecule has 0 bridgehead atoms. The predicted molar refractivity (Wildman–Crippen MR) is 164 cm³/mol. The van der Waals surface area contributed by atoms with E-state index in [1.54, 1.807) is 48.5 Å². The number of H-pyrrole nitrogens is 1. The molecule has 1 fully saturated rings. The number of aromatic nitrogens is 2. The SMILES string of the molecule is O=C(Nc1ccccc1-n1c(-c2ccccc2)c(C(=O)N2CCNC[C@H]2Cc2ccccc2)[nH]c1=O)c1ccccc1. The van der Waals surface area contributed by atoms with Crippen molar-refractivity contribution >= 4 is 17.5 Å². The normalized spacial score (nSPS) is 14.9. The van der Waals surface area contributed by atoms with Crippen LogP contribution in [0.15, 0.2) is 120 Å². The molecule has 0 aliphatic carbocycles. The summed E-state index contributed by atoms with van der Waals surface area (Å²) in [6, 6.07) is 35.4. The lowest BCUT2D eigenvalue weighted by Gasteiger charge is -2.36. The van der Waals surface area contributed by atoms with Crippen molar-refractivity contribution in [3.63, 3.8) is 0 Å². The van der Waals surface area contributed by atoms with E-state index in [1.807, 2.05) is 59.5 Å². The molecule has 6 rings (SSSR count). The first kappa shape index (κ1) is 27.0. The van der Waals surface area contributed by atoms with Crippen LogP contribution < -0.4 is 16.3 Å². The third kappa shape index (κ3) is 5.53. The van der Waals surface area contributed by atoms with Crippen LogP contribution >= 0.6 is 0 Å². The van der Waals surface area contributed by atoms with Crippen LogP contribution in [0, 0.1) is 0 Å². The Kier molecular flexibility index (Phi) is 7.79. The maximum absolute atomic E-state index is 14.3. The number of amides is 2. The van der Waals surface area contributed by atoms with Crippen molar-refractivity contribution in [2.75, 3.05) is 25.0 Å². The Labute approximate surface area is 243 Å². The van der Waals surface area contributed by atoms with E-state index in [4.69, 9.17) is 0 Å². The van der Waals surface area contributed by atoms with E-state index in [-0.39, 0.29) is 23.6 Å². The molecule has 0 spiro atoms. The fourth-order valence-electron chi connectivity index (χ4n) is 5.49. The zero-order valence-electron chi connectivity index (χ0n) is 23.0. The van der Waals surface area contributed by atoms with Crippen molar-refractivity contribution in [3.8, 4) is 16.9 Å². The van der Waals surface area contributed by atoms with Crippen molar-refractivity contribution in [1.29, 1.82) is 0 Å². The minimum Gasteiger partial charge on any atom is -0.331 e. The van der Waals surface area contributed by atoms with Crippen molar-refractivity contribution in [1.82, 2.24) is 19.8 Å². The number of nitrogens with zero attached hydrogens (tertiary/aromatic N) is 2. The standard InChI is InChI=1S/C34H31N5O3/c40-32(26-16-8-3-9-17-26)36-28-18-10-11-19-29(28)39-31(25-14-6-2-7-15-25)30(37-34(39)42)33(41)38-21-20-35-23-27(38)22-24-12-4-1-5-13-24/h1-19,27,35H,20-23H2,(H,36,40)(H,37,42)/t27-/m1/s1. The molecule has 8 heteroatoms. The number of para-hydroxylation sites is 2. The van der Waals surface area contributed by atoms with E-state index in [0.29, 0.717) is 54.3 Å². The van der Waals surface area contributed by atoms with Crippen molar-refractivity contribution < 1.29 is 9.59 Å². The summed E-state index contributed by atoms with van der Waals surface area (Å²) in [5, 5.41) is 6.36. The molecule has 210 valence electrons. The van der Waals surface area contributed by atoms with Gasteiger partial charge in [-0.05, 0) is 36.2 Å². The van der Waals surface area contributed by atoms with Gasteiger partial charge in [0, 0.05) is 36.8 Å². The van der Waals surface area contributed by atoms with Gasteiger partial charge in [-0.1, -0.05) is 91.0 Å². The number of hydrogen-bond donors (Lipinski definition) is 3. The summed E-state index contributed by atoms with van der Waals surface area (Å²) in [5.41, 5.74) is 3.46. The molecule has 5 aromatic rings. The van der Waals surface area contributed by atoms with Gasteiger partial charge in [0.25, 0.3) is 11.8 Å². The van der Waals surface area contributed by atoms with Crippen LogP contribution in [0.1, 0.15) is 26.4 Å². The van der Waals surface area contributed by atoms with Gasteiger partial charge in [0.1, 0.15) is 5.69 Å². The van der Waals surface area contributed by atoms with Gasteiger partial charge in [0.15, 0.2) is 0 Å². The number of benzene rings is 4. The highest BCUT2D eigenvalue weighted by atomic mass is 16.2. The second kappa shape index (κ2) is 12.1. The summed E-state index contributed by atoms with van der Waals surface area (Å²) >= 11 is 0. The maximum atomic E-state index is 14.3. The summed E-state index contributed by atoms with van der Waals surface area (Å²) in [7, 11) is 0. The lowest BCUT2D eigenvalue weighted by molar-refractivity contribution is 0.0631. The van der Waals surface area contributed by atoms with Crippen LogP contribution in [0.5, 0.6) is 0 Å². The third-order valence-corrected chi connectivity index (χ3v) is 7.51. The molecule has 1 aliphatic heterocycles. The lowest BCUT2D eigenvalue weighted by atomic mass is 10.0. The van der Waals surface area contributed by atoms with Crippen molar-refractivity contribution in [2.45, 2.75) is 12.5 Å². The topological polar surface area (TPSA) is 99.2 Å². The Balaban J connectivity index is 1.43. The van der Waals surface area contributed by atoms with Gasteiger partial charge in [-0.3, -0.25) is 14.2 Å². The van der Waals surface area contributed by atoms with Gasteiger partial charge in [0.2, 0.25) is 0 Å². The summed E-state index contributed by atoms with van der Waals surface area (Å²) in [6.45, 7) is 1.83. The smallest absolute Gasteiger partial charge is 0.331 e. The Morgan fingerprint density at radius 1 is 0.810 bits per heavy atom. The summed E-state index contributed by atoms with van der Waals surface area (Å²) in [4.78, 5) is 45.8.